The third-order valence-corrected chi connectivity index (χ3v) is 4.29. The van der Waals surface area contributed by atoms with Gasteiger partial charge in [-0.1, -0.05) is 6.92 Å². The Hall–Kier alpha value is -2.57. The largest absolute Gasteiger partial charge is 0.467 e. The van der Waals surface area contributed by atoms with Crippen molar-refractivity contribution in [3.8, 4) is 0 Å². The van der Waals surface area contributed by atoms with Crippen LogP contribution in [-0.4, -0.2) is 41.5 Å². The first-order valence-corrected chi connectivity index (χ1v) is 8.15. The number of hydrogen-bond donors (Lipinski definition) is 1. The molecule has 1 aliphatic rings. The van der Waals surface area contributed by atoms with Gasteiger partial charge in [0.05, 0.1) is 30.4 Å². The van der Waals surface area contributed by atoms with Gasteiger partial charge in [0.25, 0.3) is 0 Å². The average molecular weight is 329 g/mol. The van der Waals surface area contributed by atoms with Crippen LogP contribution in [0.25, 0.3) is 0 Å². The lowest BCUT2D eigenvalue weighted by atomic mass is 9.91. The summed E-state index contributed by atoms with van der Waals surface area (Å²) in [6.07, 6.45) is 6.78. The molecule has 0 aromatic carbocycles. The zero-order chi connectivity index (χ0) is 17.1. The highest BCUT2D eigenvalue weighted by Gasteiger charge is 2.32. The molecule has 7 heteroatoms. The van der Waals surface area contributed by atoms with E-state index in [2.05, 4.69) is 22.2 Å². The second kappa shape index (κ2) is 6.90. The number of rotatable bonds is 3. The Morgan fingerprint density at radius 3 is 2.75 bits per heavy atom. The van der Waals surface area contributed by atoms with E-state index in [1.165, 1.54) is 0 Å². The van der Waals surface area contributed by atoms with Crippen LogP contribution in [0.1, 0.15) is 31.6 Å². The smallest absolute Gasteiger partial charge is 0.322 e. The normalized spacial score (nSPS) is 20.7. The number of urea groups is 1. The molecule has 2 aromatic rings. The molecular weight excluding hydrogens is 306 g/mol. The average Bonchev–Trinajstić information content (AvgIpc) is 3.09. The van der Waals surface area contributed by atoms with Crippen LogP contribution in [0.15, 0.2) is 35.2 Å². The first-order chi connectivity index (χ1) is 11.5. The van der Waals surface area contributed by atoms with Crippen molar-refractivity contribution in [3.05, 3.63) is 36.5 Å². The van der Waals surface area contributed by atoms with Gasteiger partial charge in [0.1, 0.15) is 5.76 Å². The van der Waals surface area contributed by atoms with Crippen molar-refractivity contribution in [1.82, 2.24) is 14.9 Å². The van der Waals surface area contributed by atoms with Crippen molar-refractivity contribution < 1.29 is 9.21 Å². The molecule has 0 bridgehead atoms. The van der Waals surface area contributed by atoms with Crippen LogP contribution >= 0.6 is 0 Å². The summed E-state index contributed by atoms with van der Waals surface area (Å²) in [7, 11) is 3.74. The minimum Gasteiger partial charge on any atom is -0.467 e. The number of carbonyl (C=O) groups excluding carboxylic acids is 1. The van der Waals surface area contributed by atoms with E-state index < -0.39 is 0 Å². The molecule has 2 amide bonds. The number of anilines is 2. The fourth-order valence-corrected chi connectivity index (χ4v) is 2.95. The molecule has 2 atom stereocenters. The van der Waals surface area contributed by atoms with Gasteiger partial charge in [-0.15, -0.1) is 0 Å². The predicted octanol–water partition coefficient (Wildman–Crippen LogP) is 3.14. The highest BCUT2D eigenvalue weighted by atomic mass is 16.3. The Bertz CT molecular complexity index is 669. The number of carbonyl (C=O) groups is 1. The number of nitrogens with one attached hydrogen (secondary N) is 1. The van der Waals surface area contributed by atoms with Gasteiger partial charge >= 0.3 is 6.03 Å². The van der Waals surface area contributed by atoms with E-state index in [-0.39, 0.29) is 12.1 Å². The van der Waals surface area contributed by atoms with Gasteiger partial charge in [-0.05, 0) is 30.9 Å². The van der Waals surface area contributed by atoms with E-state index in [9.17, 15) is 4.79 Å². The second-order valence-corrected chi connectivity index (χ2v) is 6.45. The molecular formula is C17H23N5O2. The monoisotopic (exact) mass is 329 g/mol. The Morgan fingerprint density at radius 1 is 1.38 bits per heavy atom. The van der Waals surface area contributed by atoms with Crippen molar-refractivity contribution in [3.63, 3.8) is 0 Å². The second-order valence-electron chi connectivity index (χ2n) is 6.45. The van der Waals surface area contributed by atoms with Crippen LogP contribution in [0, 0.1) is 5.92 Å². The van der Waals surface area contributed by atoms with Crippen molar-refractivity contribution >= 4 is 17.7 Å². The zero-order valence-electron chi connectivity index (χ0n) is 14.3. The van der Waals surface area contributed by atoms with Gasteiger partial charge in [0.2, 0.25) is 5.95 Å². The van der Waals surface area contributed by atoms with E-state index in [1.54, 1.807) is 18.7 Å². The predicted molar refractivity (Wildman–Crippen MR) is 91.9 cm³/mol. The van der Waals surface area contributed by atoms with Gasteiger partial charge in [0.15, 0.2) is 0 Å². The Labute approximate surface area is 141 Å². The van der Waals surface area contributed by atoms with E-state index in [4.69, 9.17) is 4.42 Å². The third kappa shape index (κ3) is 3.50. The third-order valence-electron chi connectivity index (χ3n) is 4.29. The molecule has 128 valence electrons. The summed E-state index contributed by atoms with van der Waals surface area (Å²) in [5, 5.41) is 2.89. The fourth-order valence-electron chi connectivity index (χ4n) is 2.95. The van der Waals surface area contributed by atoms with Crippen LogP contribution in [0.4, 0.5) is 16.4 Å². The lowest BCUT2D eigenvalue weighted by Gasteiger charge is -2.37. The highest BCUT2D eigenvalue weighted by Crippen LogP contribution is 2.34. The number of hydrogen-bond acceptors (Lipinski definition) is 5. The lowest BCUT2D eigenvalue weighted by molar-refractivity contribution is 0.129. The molecule has 7 nitrogen and oxygen atoms in total. The molecule has 2 aromatic heterocycles. The van der Waals surface area contributed by atoms with Crippen molar-refractivity contribution in [2.45, 2.75) is 25.8 Å². The number of amides is 2. The summed E-state index contributed by atoms with van der Waals surface area (Å²) in [5.41, 5.74) is 0.586. The molecule has 3 heterocycles. The summed E-state index contributed by atoms with van der Waals surface area (Å²) in [6, 6.07) is 3.60. The van der Waals surface area contributed by atoms with Gasteiger partial charge < -0.3 is 19.5 Å². The quantitative estimate of drug-likeness (QED) is 0.936. The first kappa shape index (κ1) is 16.3. The van der Waals surface area contributed by atoms with Gasteiger partial charge in [0, 0.05) is 20.6 Å². The summed E-state index contributed by atoms with van der Waals surface area (Å²) in [4.78, 5) is 24.8. The summed E-state index contributed by atoms with van der Waals surface area (Å²) >= 11 is 0. The number of furan rings is 1. The van der Waals surface area contributed by atoms with E-state index in [0.29, 0.717) is 24.1 Å². The topological polar surface area (TPSA) is 74.5 Å². The molecule has 1 aliphatic heterocycles. The van der Waals surface area contributed by atoms with E-state index >= 15 is 0 Å². The molecule has 0 aliphatic carbocycles. The summed E-state index contributed by atoms with van der Waals surface area (Å²) < 4.78 is 5.54. The first-order valence-electron chi connectivity index (χ1n) is 8.15. The van der Waals surface area contributed by atoms with Crippen LogP contribution in [-0.2, 0) is 0 Å². The summed E-state index contributed by atoms with van der Waals surface area (Å²) in [5.74, 6) is 2.00. The lowest BCUT2D eigenvalue weighted by Crippen LogP contribution is -2.42. The molecule has 1 fully saturated rings. The standard InChI is InChI=1S/C17H23N5O2/c1-12-6-7-22(14(9-12)15-5-4-8-24-15)17(23)20-13-10-18-16(19-11-13)21(2)3/h4-5,8,10-12,14H,6-7,9H2,1-3H3,(H,20,23)/t12-,14-/m0/s1. The number of nitrogens with zero attached hydrogens (tertiary/aromatic N) is 4. The number of piperidine rings is 1. The van der Waals surface area contributed by atoms with Gasteiger partial charge in [-0.2, -0.15) is 0 Å². The minimum absolute atomic E-state index is 0.0364. The molecule has 0 saturated carbocycles. The maximum atomic E-state index is 12.7. The Kier molecular flexibility index (Phi) is 4.69. The molecule has 24 heavy (non-hydrogen) atoms. The maximum absolute atomic E-state index is 12.7. The molecule has 1 N–H and O–H groups in total. The maximum Gasteiger partial charge on any atom is 0.322 e. The van der Waals surface area contributed by atoms with Crippen molar-refractivity contribution in [2.75, 3.05) is 30.9 Å². The van der Waals surface area contributed by atoms with E-state index in [0.717, 1.165) is 18.6 Å². The van der Waals surface area contributed by atoms with Crippen LogP contribution in [0.3, 0.4) is 0 Å². The van der Waals surface area contributed by atoms with Crippen LogP contribution < -0.4 is 10.2 Å². The van der Waals surface area contributed by atoms with Gasteiger partial charge in [-0.3, -0.25) is 0 Å². The molecule has 1 saturated heterocycles. The Morgan fingerprint density at radius 2 is 2.12 bits per heavy atom. The molecule has 3 rings (SSSR count). The number of likely N-dealkylation sites (tertiary alicyclic amines) is 1. The molecule has 0 spiro atoms. The fraction of sp³-hybridized carbons (Fsp3) is 0.471. The Balaban J connectivity index is 1.72. The van der Waals surface area contributed by atoms with E-state index in [1.807, 2.05) is 36.0 Å². The summed E-state index contributed by atoms with van der Waals surface area (Å²) in [6.45, 7) is 2.91. The molecule has 0 radical (unpaired) electrons. The minimum atomic E-state index is -0.149. The van der Waals surface area contributed by atoms with Crippen LogP contribution in [0.5, 0.6) is 0 Å². The highest BCUT2D eigenvalue weighted by molar-refractivity contribution is 5.89. The van der Waals surface area contributed by atoms with Crippen LogP contribution in [0.2, 0.25) is 0 Å². The van der Waals surface area contributed by atoms with Gasteiger partial charge in [-0.25, -0.2) is 14.8 Å². The zero-order valence-corrected chi connectivity index (χ0v) is 14.3. The van der Waals surface area contributed by atoms with Crippen molar-refractivity contribution in [2.24, 2.45) is 5.92 Å². The molecule has 0 unspecified atom stereocenters. The SMILES string of the molecule is C[C@H]1CCN(C(=O)Nc2cnc(N(C)C)nc2)[C@H](c2ccco2)C1. The number of aromatic nitrogens is 2. The van der Waals surface area contributed by atoms with Crippen molar-refractivity contribution in [1.29, 1.82) is 0 Å².